The monoisotopic (exact) mass is 314 g/mol. The summed E-state index contributed by atoms with van der Waals surface area (Å²) in [4.78, 5) is 25.4. The molecule has 0 radical (unpaired) electrons. The molecule has 1 saturated heterocycles. The molecule has 120 valence electrons. The van der Waals surface area contributed by atoms with Gasteiger partial charge in [0.1, 0.15) is 6.33 Å². The fourth-order valence-electron chi connectivity index (χ4n) is 2.83. The lowest BCUT2D eigenvalue weighted by atomic mass is 10.0. The highest BCUT2D eigenvalue weighted by Gasteiger charge is 2.30. The van der Waals surface area contributed by atoms with Crippen LogP contribution in [0.25, 0.3) is 0 Å². The van der Waals surface area contributed by atoms with E-state index >= 15 is 0 Å². The van der Waals surface area contributed by atoms with Crippen LogP contribution >= 0.6 is 0 Å². The van der Waals surface area contributed by atoms with E-state index in [0.29, 0.717) is 11.5 Å². The molecule has 0 amide bonds. The van der Waals surface area contributed by atoms with Crippen molar-refractivity contribution in [3.05, 3.63) is 41.0 Å². The second kappa shape index (κ2) is 6.55. The van der Waals surface area contributed by atoms with Crippen LogP contribution < -0.4 is 10.2 Å². The highest BCUT2D eigenvalue weighted by molar-refractivity contribution is 5.74. The van der Waals surface area contributed by atoms with E-state index in [9.17, 15) is 10.1 Å². The molecule has 1 fully saturated rings. The number of hydrogen-bond acceptors (Lipinski definition) is 7. The van der Waals surface area contributed by atoms with Crippen LogP contribution in [0, 0.1) is 10.1 Å². The Morgan fingerprint density at radius 1 is 1.39 bits per heavy atom. The van der Waals surface area contributed by atoms with Gasteiger partial charge in [-0.2, -0.15) is 0 Å². The molecule has 1 N–H and O–H groups in total. The van der Waals surface area contributed by atoms with Crippen molar-refractivity contribution in [1.82, 2.24) is 15.0 Å². The lowest BCUT2D eigenvalue weighted by molar-refractivity contribution is -0.383. The average Bonchev–Trinajstić information content (AvgIpc) is 2.56. The predicted molar refractivity (Wildman–Crippen MR) is 86.9 cm³/mol. The van der Waals surface area contributed by atoms with E-state index in [1.54, 1.807) is 24.5 Å². The van der Waals surface area contributed by atoms with Crippen molar-refractivity contribution in [1.29, 1.82) is 0 Å². The standard InChI is InChI=1S/C15H18N6O2/c1-11-5-2-3-8-20(11)15-13(21(22)23)14(17-10-18-15)19-12-6-4-7-16-9-12/h4,6-7,9-11H,2-3,5,8H2,1H3,(H,17,18,19). The Kier molecular flexibility index (Phi) is 4.31. The van der Waals surface area contributed by atoms with Crippen LogP contribution in [-0.4, -0.2) is 32.5 Å². The second-order valence-corrected chi connectivity index (χ2v) is 5.56. The Hall–Kier alpha value is -2.77. The Bertz CT molecular complexity index is 694. The van der Waals surface area contributed by atoms with Gasteiger partial charge in [-0.05, 0) is 38.3 Å². The Labute approximate surface area is 133 Å². The number of nitrogens with one attached hydrogen (secondary N) is 1. The number of aromatic nitrogens is 3. The second-order valence-electron chi connectivity index (χ2n) is 5.56. The zero-order valence-electron chi connectivity index (χ0n) is 12.8. The van der Waals surface area contributed by atoms with Gasteiger partial charge in [0, 0.05) is 18.8 Å². The van der Waals surface area contributed by atoms with Crippen molar-refractivity contribution in [2.75, 3.05) is 16.8 Å². The fourth-order valence-corrected chi connectivity index (χ4v) is 2.83. The molecule has 0 aromatic carbocycles. The largest absolute Gasteiger partial charge is 0.353 e. The van der Waals surface area contributed by atoms with E-state index in [-0.39, 0.29) is 17.5 Å². The smallest absolute Gasteiger partial charge is 0.348 e. The zero-order valence-corrected chi connectivity index (χ0v) is 12.8. The molecule has 0 spiro atoms. The molecule has 1 aliphatic heterocycles. The first-order chi connectivity index (χ1) is 11.2. The average molecular weight is 314 g/mol. The van der Waals surface area contributed by atoms with Crippen molar-refractivity contribution >= 4 is 23.0 Å². The lowest BCUT2D eigenvalue weighted by Crippen LogP contribution is -2.38. The minimum Gasteiger partial charge on any atom is -0.348 e. The van der Waals surface area contributed by atoms with E-state index in [1.807, 2.05) is 4.90 Å². The molecule has 1 unspecified atom stereocenters. The van der Waals surface area contributed by atoms with E-state index < -0.39 is 4.92 Å². The molecule has 2 aromatic heterocycles. The van der Waals surface area contributed by atoms with Crippen molar-refractivity contribution in [2.45, 2.75) is 32.2 Å². The Morgan fingerprint density at radius 3 is 2.96 bits per heavy atom. The van der Waals surface area contributed by atoms with E-state index in [0.717, 1.165) is 25.8 Å². The molecule has 0 aliphatic carbocycles. The molecule has 8 nitrogen and oxygen atoms in total. The van der Waals surface area contributed by atoms with E-state index in [2.05, 4.69) is 27.2 Å². The number of nitrogens with zero attached hydrogens (tertiary/aromatic N) is 5. The maximum atomic E-state index is 11.6. The van der Waals surface area contributed by atoms with Gasteiger partial charge in [0.2, 0.25) is 11.6 Å². The molecule has 3 heterocycles. The molecule has 8 heteroatoms. The topological polar surface area (TPSA) is 97.1 Å². The SMILES string of the molecule is CC1CCCCN1c1ncnc(Nc2cccnc2)c1[N+](=O)[O-]. The van der Waals surface area contributed by atoms with Crippen LogP contribution in [0.5, 0.6) is 0 Å². The number of hydrogen-bond donors (Lipinski definition) is 1. The van der Waals surface area contributed by atoms with Crippen LogP contribution in [0.1, 0.15) is 26.2 Å². The molecule has 0 saturated carbocycles. The molecule has 1 atom stereocenters. The van der Waals surface area contributed by atoms with E-state index in [4.69, 9.17) is 0 Å². The Morgan fingerprint density at radius 2 is 2.26 bits per heavy atom. The van der Waals surface area contributed by atoms with Gasteiger partial charge in [0.25, 0.3) is 0 Å². The van der Waals surface area contributed by atoms with Crippen molar-refractivity contribution < 1.29 is 4.92 Å². The summed E-state index contributed by atoms with van der Waals surface area (Å²) < 4.78 is 0. The third kappa shape index (κ3) is 3.20. The van der Waals surface area contributed by atoms with Crippen LogP contribution in [-0.2, 0) is 0 Å². The molecular weight excluding hydrogens is 296 g/mol. The maximum absolute atomic E-state index is 11.6. The van der Waals surface area contributed by atoms with Gasteiger partial charge in [-0.3, -0.25) is 15.1 Å². The first-order valence-electron chi connectivity index (χ1n) is 7.60. The lowest BCUT2D eigenvalue weighted by Gasteiger charge is -2.33. The quantitative estimate of drug-likeness (QED) is 0.684. The first kappa shape index (κ1) is 15.1. The summed E-state index contributed by atoms with van der Waals surface area (Å²) in [7, 11) is 0. The van der Waals surface area contributed by atoms with Gasteiger partial charge in [-0.1, -0.05) is 0 Å². The van der Waals surface area contributed by atoms with E-state index in [1.165, 1.54) is 6.33 Å². The molecule has 1 aliphatic rings. The van der Waals surface area contributed by atoms with Crippen LogP contribution in [0.4, 0.5) is 23.0 Å². The number of rotatable bonds is 4. The number of piperidine rings is 1. The maximum Gasteiger partial charge on any atom is 0.353 e. The van der Waals surface area contributed by atoms with Gasteiger partial charge in [-0.25, -0.2) is 9.97 Å². The van der Waals surface area contributed by atoms with Gasteiger partial charge >= 0.3 is 5.69 Å². The summed E-state index contributed by atoms with van der Waals surface area (Å²) in [5.41, 5.74) is 0.553. The minimum absolute atomic E-state index is 0.0925. The van der Waals surface area contributed by atoms with Crippen molar-refractivity contribution in [3.63, 3.8) is 0 Å². The van der Waals surface area contributed by atoms with Crippen LogP contribution in [0.2, 0.25) is 0 Å². The first-order valence-corrected chi connectivity index (χ1v) is 7.60. The normalized spacial score (nSPS) is 17.8. The fraction of sp³-hybridized carbons (Fsp3) is 0.400. The summed E-state index contributed by atoms with van der Waals surface area (Å²) in [6.07, 6.45) is 7.75. The summed E-state index contributed by atoms with van der Waals surface area (Å²) in [5, 5.41) is 14.6. The third-order valence-electron chi connectivity index (χ3n) is 3.98. The summed E-state index contributed by atoms with van der Waals surface area (Å²) >= 11 is 0. The summed E-state index contributed by atoms with van der Waals surface area (Å²) in [6.45, 7) is 2.84. The molecule has 23 heavy (non-hydrogen) atoms. The van der Waals surface area contributed by atoms with Crippen LogP contribution in [0.15, 0.2) is 30.9 Å². The van der Waals surface area contributed by atoms with Crippen molar-refractivity contribution in [2.24, 2.45) is 0 Å². The Balaban J connectivity index is 2.00. The predicted octanol–water partition coefficient (Wildman–Crippen LogP) is 2.90. The number of anilines is 3. The number of pyridine rings is 1. The van der Waals surface area contributed by atoms with Crippen molar-refractivity contribution in [3.8, 4) is 0 Å². The van der Waals surface area contributed by atoms with Gasteiger partial charge in [0.05, 0.1) is 16.8 Å². The van der Waals surface area contributed by atoms with Gasteiger partial charge < -0.3 is 10.2 Å². The third-order valence-corrected chi connectivity index (χ3v) is 3.98. The zero-order chi connectivity index (χ0) is 16.2. The highest BCUT2D eigenvalue weighted by Crippen LogP contribution is 2.36. The number of nitro groups is 1. The van der Waals surface area contributed by atoms with Crippen LogP contribution in [0.3, 0.4) is 0 Å². The molecule has 3 rings (SSSR count). The molecular formula is C15H18N6O2. The highest BCUT2D eigenvalue weighted by atomic mass is 16.6. The summed E-state index contributed by atoms with van der Waals surface area (Å²) in [5.74, 6) is 0.564. The molecule has 2 aromatic rings. The van der Waals surface area contributed by atoms with Gasteiger partial charge in [0.15, 0.2) is 0 Å². The van der Waals surface area contributed by atoms with Gasteiger partial charge in [-0.15, -0.1) is 0 Å². The summed E-state index contributed by atoms with van der Waals surface area (Å²) in [6, 6.07) is 3.76. The minimum atomic E-state index is -0.421. The molecule has 0 bridgehead atoms.